The normalized spacial score (nSPS) is 10.5. The highest BCUT2D eigenvalue weighted by molar-refractivity contribution is 5.97. The van der Waals surface area contributed by atoms with Crippen LogP contribution in [-0.2, 0) is 16.1 Å². The number of carbonyl (C=O) groups excluding carboxylic acids is 2. The van der Waals surface area contributed by atoms with E-state index in [4.69, 9.17) is 14.2 Å². The van der Waals surface area contributed by atoms with E-state index >= 15 is 0 Å². The number of ether oxygens (including phenoxy) is 3. The zero-order valence-corrected chi connectivity index (χ0v) is 18.1. The van der Waals surface area contributed by atoms with Gasteiger partial charge in [0.15, 0.2) is 6.61 Å². The summed E-state index contributed by atoms with van der Waals surface area (Å²) in [5, 5.41) is 2.68. The molecule has 1 heterocycles. The number of nitrogens with zero attached hydrogens (tertiary/aromatic N) is 1. The third-order valence-corrected chi connectivity index (χ3v) is 4.99. The average Bonchev–Trinajstić information content (AvgIpc) is 3.06. The third-order valence-electron chi connectivity index (χ3n) is 4.99. The number of hydrogen-bond acceptors (Lipinski definition) is 5. The van der Waals surface area contributed by atoms with Gasteiger partial charge in [-0.3, -0.25) is 4.79 Å². The zero-order chi connectivity index (χ0) is 22.4. The smallest absolute Gasteiger partial charge is 0.340 e. The predicted molar refractivity (Wildman–Crippen MR) is 118 cm³/mol. The van der Waals surface area contributed by atoms with Crippen molar-refractivity contribution in [1.29, 1.82) is 0 Å². The molecule has 0 bridgehead atoms. The summed E-state index contributed by atoms with van der Waals surface area (Å²) < 4.78 is 17.7. The number of methoxy groups -OCH3 is 2. The van der Waals surface area contributed by atoms with E-state index in [1.165, 1.54) is 14.2 Å². The number of carbonyl (C=O) groups is 2. The van der Waals surface area contributed by atoms with Crippen molar-refractivity contribution >= 4 is 17.6 Å². The summed E-state index contributed by atoms with van der Waals surface area (Å²) in [6, 6.07) is 16.8. The van der Waals surface area contributed by atoms with Crippen molar-refractivity contribution in [2.24, 2.45) is 0 Å². The van der Waals surface area contributed by atoms with Crippen LogP contribution in [0, 0.1) is 13.8 Å². The Labute approximate surface area is 181 Å². The second kappa shape index (κ2) is 9.84. The van der Waals surface area contributed by atoms with Crippen molar-refractivity contribution < 1.29 is 23.8 Å². The number of rotatable bonds is 8. The molecule has 0 spiro atoms. The summed E-state index contributed by atoms with van der Waals surface area (Å²) in [6.07, 6.45) is 0. The Balaban J connectivity index is 1.65. The van der Waals surface area contributed by atoms with E-state index in [0.29, 0.717) is 29.3 Å². The van der Waals surface area contributed by atoms with Crippen molar-refractivity contribution in [3.63, 3.8) is 0 Å². The van der Waals surface area contributed by atoms with Gasteiger partial charge < -0.3 is 24.1 Å². The largest absolute Gasteiger partial charge is 0.497 e. The van der Waals surface area contributed by atoms with E-state index in [-0.39, 0.29) is 0 Å². The van der Waals surface area contributed by atoms with Crippen LogP contribution in [0.15, 0.2) is 54.6 Å². The monoisotopic (exact) mass is 422 g/mol. The van der Waals surface area contributed by atoms with E-state index < -0.39 is 18.5 Å². The maximum absolute atomic E-state index is 12.6. The Bertz CT molecular complexity index is 1070. The molecule has 0 aliphatic carbocycles. The molecule has 0 atom stereocenters. The molecule has 0 radical (unpaired) electrons. The van der Waals surface area contributed by atoms with Crippen LogP contribution in [0.25, 0.3) is 0 Å². The Hall–Kier alpha value is -3.74. The van der Waals surface area contributed by atoms with Gasteiger partial charge in [-0.25, -0.2) is 4.79 Å². The van der Waals surface area contributed by atoms with Gasteiger partial charge in [0.05, 0.1) is 25.5 Å². The highest BCUT2D eigenvalue weighted by Gasteiger charge is 2.19. The molecule has 7 nitrogen and oxygen atoms in total. The first kappa shape index (κ1) is 22.0. The van der Waals surface area contributed by atoms with Crippen LogP contribution in [0.4, 0.5) is 5.69 Å². The summed E-state index contributed by atoms with van der Waals surface area (Å²) in [4.78, 5) is 24.9. The minimum Gasteiger partial charge on any atom is -0.497 e. The fraction of sp³-hybridized carbons (Fsp3) is 0.250. The van der Waals surface area contributed by atoms with Crippen LogP contribution in [0.5, 0.6) is 11.5 Å². The average molecular weight is 422 g/mol. The fourth-order valence-corrected chi connectivity index (χ4v) is 3.32. The molecule has 1 N–H and O–H groups in total. The standard InChI is InChI=1S/C24H26N2O5/c1-16-12-20(17(2)26(16)14-18-8-6-5-7-9-18)24(28)31-15-23(27)25-21-13-19(29-3)10-11-22(21)30-4/h5-13H,14-15H2,1-4H3,(H,25,27). The zero-order valence-electron chi connectivity index (χ0n) is 18.1. The molecule has 1 amide bonds. The van der Waals surface area contributed by atoms with Crippen LogP contribution in [0.1, 0.15) is 27.3 Å². The summed E-state index contributed by atoms with van der Waals surface area (Å²) in [5.74, 6) is 0.0297. The lowest BCUT2D eigenvalue weighted by Gasteiger charge is -2.12. The number of esters is 1. The molecule has 0 aliphatic rings. The van der Waals surface area contributed by atoms with E-state index in [9.17, 15) is 9.59 Å². The van der Waals surface area contributed by atoms with Gasteiger partial charge in [-0.15, -0.1) is 0 Å². The highest BCUT2D eigenvalue weighted by atomic mass is 16.5. The van der Waals surface area contributed by atoms with E-state index in [0.717, 1.165) is 17.0 Å². The first-order valence-electron chi connectivity index (χ1n) is 9.82. The van der Waals surface area contributed by atoms with Crippen molar-refractivity contribution in [3.05, 3.63) is 77.1 Å². The number of anilines is 1. The molecule has 2 aromatic carbocycles. The summed E-state index contributed by atoms with van der Waals surface area (Å²) in [7, 11) is 3.03. The summed E-state index contributed by atoms with van der Waals surface area (Å²) in [5.41, 5.74) is 3.75. The van der Waals surface area contributed by atoms with Gasteiger partial charge in [0.1, 0.15) is 11.5 Å². The topological polar surface area (TPSA) is 78.8 Å². The lowest BCUT2D eigenvalue weighted by Crippen LogP contribution is -2.21. The van der Waals surface area contributed by atoms with Gasteiger partial charge in [-0.1, -0.05) is 30.3 Å². The molecule has 1 aromatic heterocycles. The van der Waals surface area contributed by atoms with Crippen LogP contribution in [0.2, 0.25) is 0 Å². The van der Waals surface area contributed by atoms with Gasteiger partial charge in [-0.05, 0) is 37.6 Å². The number of benzene rings is 2. The minimum absolute atomic E-state index is 0.415. The first-order valence-corrected chi connectivity index (χ1v) is 9.82. The van der Waals surface area contributed by atoms with Gasteiger partial charge in [-0.2, -0.15) is 0 Å². The number of nitrogens with one attached hydrogen (secondary N) is 1. The minimum atomic E-state index is -0.542. The summed E-state index contributed by atoms with van der Waals surface area (Å²) in [6.45, 7) is 4.05. The highest BCUT2D eigenvalue weighted by Crippen LogP contribution is 2.28. The predicted octanol–water partition coefficient (Wildman–Crippen LogP) is 3.97. The fourth-order valence-electron chi connectivity index (χ4n) is 3.32. The van der Waals surface area contributed by atoms with Crippen LogP contribution < -0.4 is 14.8 Å². The molecule has 0 saturated heterocycles. The Morgan fingerprint density at radius 3 is 2.39 bits per heavy atom. The molecule has 0 unspecified atom stereocenters. The second-order valence-electron chi connectivity index (χ2n) is 7.05. The summed E-state index contributed by atoms with van der Waals surface area (Å²) >= 11 is 0. The second-order valence-corrected chi connectivity index (χ2v) is 7.05. The first-order chi connectivity index (χ1) is 14.9. The Kier molecular flexibility index (Phi) is 6.97. The van der Waals surface area contributed by atoms with Crippen molar-refractivity contribution in [2.75, 3.05) is 26.1 Å². The van der Waals surface area contributed by atoms with Gasteiger partial charge in [0.25, 0.3) is 5.91 Å². The van der Waals surface area contributed by atoms with E-state index in [1.807, 2.05) is 48.7 Å². The molecule has 0 aliphatic heterocycles. The number of aromatic nitrogens is 1. The molecule has 0 saturated carbocycles. The lowest BCUT2D eigenvalue weighted by atomic mass is 10.2. The number of aryl methyl sites for hydroxylation is 1. The molecule has 7 heteroatoms. The van der Waals surface area contributed by atoms with Gasteiger partial charge in [0.2, 0.25) is 0 Å². The van der Waals surface area contributed by atoms with Crippen LogP contribution >= 0.6 is 0 Å². The van der Waals surface area contributed by atoms with Crippen molar-refractivity contribution in [2.45, 2.75) is 20.4 Å². The number of hydrogen-bond donors (Lipinski definition) is 1. The molecular formula is C24H26N2O5. The molecule has 3 aromatic rings. The number of amides is 1. The Morgan fingerprint density at radius 2 is 1.71 bits per heavy atom. The van der Waals surface area contributed by atoms with E-state index in [2.05, 4.69) is 5.32 Å². The SMILES string of the molecule is COc1ccc(OC)c(NC(=O)COC(=O)c2cc(C)n(Cc3ccccc3)c2C)c1. The van der Waals surface area contributed by atoms with Gasteiger partial charge >= 0.3 is 5.97 Å². The molecule has 31 heavy (non-hydrogen) atoms. The van der Waals surface area contributed by atoms with Crippen LogP contribution in [-0.4, -0.2) is 37.3 Å². The molecule has 162 valence electrons. The molecule has 0 fully saturated rings. The maximum atomic E-state index is 12.6. The van der Waals surface area contributed by atoms with Crippen LogP contribution in [0.3, 0.4) is 0 Å². The van der Waals surface area contributed by atoms with Crippen molar-refractivity contribution in [1.82, 2.24) is 4.57 Å². The van der Waals surface area contributed by atoms with Gasteiger partial charge in [0, 0.05) is 24.0 Å². The van der Waals surface area contributed by atoms with Crippen molar-refractivity contribution in [3.8, 4) is 11.5 Å². The maximum Gasteiger partial charge on any atom is 0.340 e. The molecular weight excluding hydrogens is 396 g/mol. The molecule has 3 rings (SSSR count). The third kappa shape index (κ3) is 5.25. The van der Waals surface area contributed by atoms with E-state index in [1.54, 1.807) is 24.3 Å². The Morgan fingerprint density at radius 1 is 0.968 bits per heavy atom. The lowest BCUT2D eigenvalue weighted by molar-refractivity contribution is -0.119. The quantitative estimate of drug-likeness (QED) is 0.556.